The maximum Gasteiger partial charge on any atom is 0.243 e. The number of carbonyl (C=O) groups is 1. The molecule has 9 nitrogen and oxygen atoms in total. The van der Waals surface area contributed by atoms with Gasteiger partial charge in [-0.3, -0.25) is 10.0 Å². The summed E-state index contributed by atoms with van der Waals surface area (Å²) in [5.41, 5.74) is 5.69. The Morgan fingerprint density at radius 3 is 2.54 bits per heavy atom. The molecular formula is C30H38N6O3. The second kappa shape index (κ2) is 14.8. The van der Waals surface area contributed by atoms with Crippen LogP contribution < -0.4 is 20.9 Å². The fraction of sp³-hybridized carbons (Fsp3) is 0.367. The number of aromatic amines is 1. The first-order chi connectivity index (χ1) is 19.1. The number of carbonyl (C=O) groups excluding carboxylic acids is 1. The number of ether oxygens (including phenoxy) is 1. The smallest absolute Gasteiger partial charge is 0.243 e. The van der Waals surface area contributed by atoms with Gasteiger partial charge >= 0.3 is 0 Å². The quantitative estimate of drug-likeness (QED) is 0.0724. The van der Waals surface area contributed by atoms with E-state index in [0.717, 1.165) is 79.1 Å². The third kappa shape index (κ3) is 8.53. The number of nitrogens with one attached hydrogen (secondary N) is 4. The van der Waals surface area contributed by atoms with Crippen molar-refractivity contribution >= 4 is 22.8 Å². The van der Waals surface area contributed by atoms with Crippen LogP contribution in [0.3, 0.4) is 0 Å². The molecule has 0 aliphatic rings. The van der Waals surface area contributed by atoms with Gasteiger partial charge in [0.05, 0.1) is 5.39 Å². The number of fused-ring (bicyclic) bond motifs is 1. The molecule has 2 aromatic carbocycles. The minimum absolute atomic E-state index is 0.118. The zero-order valence-electron chi connectivity index (χ0n) is 22.5. The molecule has 1 atom stereocenters. The SMILES string of the molecule is C[C@@H](Nc1ncnc2[nH]c(-c3ccc(OCCNCCCCCCCC(=O)NO)cc3)cc12)c1ccccc1. The van der Waals surface area contributed by atoms with E-state index in [2.05, 4.69) is 50.7 Å². The number of hydroxylamine groups is 1. The van der Waals surface area contributed by atoms with E-state index in [1.54, 1.807) is 11.8 Å². The van der Waals surface area contributed by atoms with Crippen LogP contribution in [-0.2, 0) is 4.79 Å². The number of amides is 1. The zero-order valence-corrected chi connectivity index (χ0v) is 22.5. The van der Waals surface area contributed by atoms with Crippen molar-refractivity contribution in [2.24, 2.45) is 0 Å². The summed E-state index contributed by atoms with van der Waals surface area (Å²) in [7, 11) is 0. The van der Waals surface area contributed by atoms with Gasteiger partial charge in [-0.15, -0.1) is 0 Å². The lowest BCUT2D eigenvalue weighted by Gasteiger charge is -2.15. The third-order valence-corrected chi connectivity index (χ3v) is 6.67. The first-order valence-corrected chi connectivity index (χ1v) is 13.7. The van der Waals surface area contributed by atoms with Crippen LogP contribution in [0.4, 0.5) is 5.82 Å². The van der Waals surface area contributed by atoms with Gasteiger partial charge in [0.25, 0.3) is 0 Å². The highest BCUT2D eigenvalue weighted by molar-refractivity contribution is 5.91. The third-order valence-electron chi connectivity index (χ3n) is 6.67. The molecule has 0 aliphatic carbocycles. The highest BCUT2D eigenvalue weighted by Crippen LogP contribution is 2.29. The molecular weight excluding hydrogens is 492 g/mol. The summed E-state index contributed by atoms with van der Waals surface area (Å²) in [6.07, 6.45) is 7.09. The van der Waals surface area contributed by atoms with Crippen LogP contribution in [-0.4, -0.2) is 45.8 Å². The molecule has 0 spiro atoms. The molecule has 0 unspecified atom stereocenters. The van der Waals surface area contributed by atoms with Crippen molar-refractivity contribution in [3.8, 4) is 17.0 Å². The van der Waals surface area contributed by atoms with Crippen molar-refractivity contribution in [2.75, 3.05) is 25.0 Å². The van der Waals surface area contributed by atoms with Gasteiger partial charge < -0.3 is 20.4 Å². The number of nitrogens with zero attached hydrogens (tertiary/aromatic N) is 2. The topological polar surface area (TPSA) is 124 Å². The largest absolute Gasteiger partial charge is 0.492 e. The molecule has 0 saturated heterocycles. The predicted molar refractivity (Wildman–Crippen MR) is 154 cm³/mol. The summed E-state index contributed by atoms with van der Waals surface area (Å²) in [5.74, 6) is 1.33. The lowest BCUT2D eigenvalue weighted by atomic mass is 10.1. The Labute approximate surface area is 229 Å². The van der Waals surface area contributed by atoms with Crippen LogP contribution in [0.15, 0.2) is 67.0 Å². The monoisotopic (exact) mass is 530 g/mol. The van der Waals surface area contributed by atoms with Gasteiger partial charge in [0, 0.05) is 24.7 Å². The van der Waals surface area contributed by atoms with E-state index in [-0.39, 0.29) is 11.9 Å². The van der Waals surface area contributed by atoms with Crippen molar-refractivity contribution in [3.05, 3.63) is 72.6 Å². The van der Waals surface area contributed by atoms with Gasteiger partial charge in [0.15, 0.2) is 0 Å². The Kier molecular flexibility index (Phi) is 10.7. The van der Waals surface area contributed by atoms with Crippen molar-refractivity contribution < 1.29 is 14.7 Å². The van der Waals surface area contributed by atoms with E-state index in [1.165, 1.54) is 5.56 Å². The summed E-state index contributed by atoms with van der Waals surface area (Å²) in [5, 5.41) is 16.3. The van der Waals surface area contributed by atoms with E-state index >= 15 is 0 Å². The standard InChI is InChI=1S/C30H38N6O3/c1-22(23-10-6-5-7-11-23)34-29-26-20-27(35-30(26)33-21-32-29)24-13-15-25(16-14-24)39-19-18-31-17-9-4-2-3-8-12-28(37)36-38/h5-7,10-11,13-16,20-22,31,38H,2-4,8-9,12,17-19H2,1H3,(H,36,37)(H2,32,33,34,35)/t22-/m1/s1. The number of aromatic nitrogens is 3. The molecule has 0 fully saturated rings. The Hall–Kier alpha value is -3.95. The van der Waals surface area contributed by atoms with Crippen LogP contribution >= 0.6 is 0 Å². The molecule has 0 saturated carbocycles. The molecule has 4 aromatic rings. The molecule has 5 N–H and O–H groups in total. The average Bonchev–Trinajstić information content (AvgIpc) is 3.42. The average molecular weight is 531 g/mol. The maximum atomic E-state index is 11.0. The summed E-state index contributed by atoms with van der Waals surface area (Å²) < 4.78 is 5.89. The van der Waals surface area contributed by atoms with Gasteiger partial charge in [-0.2, -0.15) is 0 Å². The Bertz CT molecular complexity index is 1290. The van der Waals surface area contributed by atoms with E-state index in [9.17, 15) is 4.79 Å². The summed E-state index contributed by atoms with van der Waals surface area (Å²) in [6.45, 7) is 4.46. The Morgan fingerprint density at radius 1 is 0.974 bits per heavy atom. The predicted octanol–water partition coefficient (Wildman–Crippen LogP) is 5.61. The van der Waals surface area contributed by atoms with Crippen molar-refractivity contribution in [1.29, 1.82) is 0 Å². The highest BCUT2D eigenvalue weighted by atomic mass is 16.5. The Morgan fingerprint density at radius 2 is 1.74 bits per heavy atom. The minimum Gasteiger partial charge on any atom is -0.492 e. The molecule has 9 heteroatoms. The van der Waals surface area contributed by atoms with Gasteiger partial charge in [0.2, 0.25) is 5.91 Å². The van der Waals surface area contributed by atoms with Crippen LogP contribution in [0.1, 0.15) is 57.1 Å². The molecule has 2 aromatic heterocycles. The molecule has 206 valence electrons. The zero-order chi connectivity index (χ0) is 27.3. The van der Waals surface area contributed by atoms with Gasteiger partial charge in [-0.05, 0) is 67.8 Å². The van der Waals surface area contributed by atoms with Gasteiger partial charge in [-0.25, -0.2) is 15.4 Å². The van der Waals surface area contributed by atoms with E-state index < -0.39 is 0 Å². The molecule has 39 heavy (non-hydrogen) atoms. The van der Waals surface area contributed by atoms with Gasteiger partial charge in [0.1, 0.15) is 30.1 Å². The van der Waals surface area contributed by atoms with Crippen LogP contribution in [0.2, 0.25) is 0 Å². The molecule has 0 aliphatic heterocycles. The molecule has 2 heterocycles. The fourth-order valence-electron chi connectivity index (χ4n) is 4.46. The number of benzene rings is 2. The number of unbranched alkanes of at least 4 members (excludes halogenated alkanes) is 4. The lowest BCUT2D eigenvalue weighted by molar-refractivity contribution is -0.129. The van der Waals surface area contributed by atoms with Crippen molar-refractivity contribution in [1.82, 2.24) is 25.7 Å². The highest BCUT2D eigenvalue weighted by Gasteiger charge is 2.12. The number of hydrogen-bond donors (Lipinski definition) is 5. The second-order valence-corrected chi connectivity index (χ2v) is 9.62. The van der Waals surface area contributed by atoms with Gasteiger partial charge in [-0.1, -0.05) is 49.6 Å². The lowest BCUT2D eigenvalue weighted by Crippen LogP contribution is -2.22. The van der Waals surface area contributed by atoms with E-state index in [4.69, 9.17) is 9.94 Å². The van der Waals surface area contributed by atoms with Crippen molar-refractivity contribution in [2.45, 2.75) is 51.5 Å². The van der Waals surface area contributed by atoms with Crippen LogP contribution in [0, 0.1) is 0 Å². The second-order valence-electron chi connectivity index (χ2n) is 9.62. The minimum atomic E-state index is -0.310. The summed E-state index contributed by atoms with van der Waals surface area (Å²) in [4.78, 5) is 23.3. The summed E-state index contributed by atoms with van der Waals surface area (Å²) >= 11 is 0. The number of rotatable bonds is 16. The van der Waals surface area contributed by atoms with E-state index in [1.807, 2.05) is 42.5 Å². The van der Waals surface area contributed by atoms with E-state index in [0.29, 0.717) is 13.0 Å². The van der Waals surface area contributed by atoms with Crippen molar-refractivity contribution in [3.63, 3.8) is 0 Å². The Balaban J connectivity index is 1.19. The normalized spacial score (nSPS) is 11.8. The fourth-order valence-corrected chi connectivity index (χ4v) is 4.46. The first-order valence-electron chi connectivity index (χ1n) is 13.7. The molecule has 4 rings (SSSR count). The van der Waals surface area contributed by atoms with Crippen LogP contribution in [0.25, 0.3) is 22.3 Å². The number of anilines is 1. The maximum absolute atomic E-state index is 11.0. The molecule has 0 radical (unpaired) electrons. The van der Waals surface area contributed by atoms with Crippen LogP contribution in [0.5, 0.6) is 5.75 Å². The number of hydrogen-bond acceptors (Lipinski definition) is 7. The first kappa shape index (κ1) is 28.1. The molecule has 0 bridgehead atoms. The molecule has 1 amide bonds. The number of H-pyrrole nitrogens is 1. The summed E-state index contributed by atoms with van der Waals surface area (Å²) in [6, 6.07) is 20.6.